The fourth-order valence-electron chi connectivity index (χ4n) is 1.43. The third-order valence-electron chi connectivity index (χ3n) is 2.33. The lowest BCUT2D eigenvalue weighted by Crippen LogP contribution is -2.15. The van der Waals surface area contributed by atoms with Crippen molar-refractivity contribution in [1.82, 2.24) is 4.98 Å². The predicted molar refractivity (Wildman–Crippen MR) is 80.8 cm³/mol. The van der Waals surface area contributed by atoms with Gasteiger partial charge in [0.05, 0.1) is 21.3 Å². The number of hydrogen-bond donors (Lipinski definition) is 2. The molecule has 0 spiro atoms. The average Bonchev–Trinajstić information content (AvgIpc) is 2.37. The summed E-state index contributed by atoms with van der Waals surface area (Å²) in [5.74, 6) is -0.301. The molecule has 2 rings (SSSR count). The van der Waals surface area contributed by atoms with E-state index in [1.54, 1.807) is 24.3 Å². The maximum atomic E-state index is 12.1. The number of amides is 1. The molecule has 3 N–H and O–H groups in total. The van der Waals surface area contributed by atoms with Crippen LogP contribution in [-0.4, -0.2) is 10.9 Å². The fraction of sp³-hybridized carbons (Fsp3) is 0. The van der Waals surface area contributed by atoms with E-state index in [4.69, 9.17) is 28.9 Å². The zero-order valence-corrected chi connectivity index (χ0v) is 12.6. The van der Waals surface area contributed by atoms with Gasteiger partial charge in [-0.25, -0.2) is 4.98 Å². The molecule has 0 aliphatic heterocycles. The summed E-state index contributed by atoms with van der Waals surface area (Å²) >= 11 is 15.2. The molecule has 0 saturated heterocycles. The van der Waals surface area contributed by atoms with Gasteiger partial charge in [0.1, 0.15) is 5.82 Å². The highest BCUT2D eigenvalue weighted by Crippen LogP contribution is 2.30. The lowest BCUT2D eigenvalue weighted by atomic mass is 10.2. The van der Waals surface area contributed by atoms with Crippen molar-refractivity contribution in [2.75, 3.05) is 11.1 Å². The molecule has 0 bridgehead atoms. The quantitative estimate of drug-likeness (QED) is 0.850. The Bertz CT molecular complexity index is 629. The normalized spacial score (nSPS) is 10.3. The van der Waals surface area contributed by atoms with Gasteiger partial charge in [-0.15, -0.1) is 0 Å². The van der Waals surface area contributed by atoms with Gasteiger partial charge in [0, 0.05) is 10.7 Å². The molecular weight excluding hydrogens is 353 g/mol. The number of nitrogens with two attached hydrogens (primary N) is 1. The predicted octanol–water partition coefficient (Wildman–Crippen LogP) is 3.99. The smallest absolute Gasteiger partial charge is 0.259 e. The van der Waals surface area contributed by atoms with Crippen molar-refractivity contribution in [3.63, 3.8) is 0 Å². The highest BCUT2D eigenvalue weighted by molar-refractivity contribution is 9.10. The summed E-state index contributed by atoms with van der Waals surface area (Å²) in [5, 5.41) is 3.32. The van der Waals surface area contributed by atoms with Crippen molar-refractivity contribution < 1.29 is 4.79 Å². The van der Waals surface area contributed by atoms with Crippen molar-refractivity contribution in [3.8, 4) is 0 Å². The van der Waals surface area contributed by atoms with E-state index >= 15 is 0 Å². The van der Waals surface area contributed by atoms with Crippen molar-refractivity contribution in [2.24, 2.45) is 0 Å². The van der Waals surface area contributed by atoms with Gasteiger partial charge in [-0.3, -0.25) is 4.79 Å². The van der Waals surface area contributed by atoms with Crippen LogP contribution in [0.4, 0.5) is 11.5 Å². The van der Waals surface area contributed by atoms with E-state index in [-0.39, 0.29) is 11.4 Å². The van der Waals surface area contributed by atoms with Gasteiger partial charge in [0.15, 0.2) is 0 Å². The number of anilines is 2. The second-order valence-electron chi connectivity index (χ2n) is 3.64. The van der Waals surface area contributed by atoms with Crippen LogP contribution in [-0.2, 0) is 0 Å². The molecule has 0 saturated carbocycles. The van der Waals surface area contributed by atoms with Crippen LogP contribution in [0.1, 0.15) is 10.4 Å². The van der Waals surface area contributed by atoms with Gasteiger partial charge < -0.3 is 11.1 Å². The Morgan fingerprint density at radius 3 is 2.58 bits per heavy atom. The van der Waals surface area contributed by atoms with E-state index < -0.39 is 5.91 Å². The Labute approximate surface area is 128 Å². The van der Waals surface area contributed by atoms with E-state index in [1.807, 2.05) is 0 Å². The molecule has 0 aliphatic carbocycles. The Kier molecular flexibility index (Phi) is 4.29. The first-order valence-electron chi connectivity index (χ1n) is 5.15. The summed E-state index contributed by atoms with van der Waals surface area (Å²) in [4.78, 5) is 16.0. The second kappa shape index (κ2) is 5.77. The first-order valence-corrected chi connectivity index (χ1v) is 6.70. The monoisotopic (exact) mass is 359 g/mol. The maximum Gasteiger partial charge on any atom is 0.259 e. The van der Waals surface area contributed by atoms with Crippen LogP contribution in [0.5, 0.6) is 0 Å². The number of pyridine rings is 1. The van der Waals surface area contributed by atoms with Gasteiger partial charge in [-0.05, 0) is 34.1 Å². The molecule has 19 heavy (non-hydrogen) atoms. The molecule has 0 radical (unpaired) electrons. The van der Waals surface area contributed by atoms with E-state index in [2.05, 4.69) is 26.2 Å². The number of carbonyl (C=O) groups excluding carboxylic acids is 1. The number of hydrogen-bond acceptors (Lipinski definition) is 3. The molecule has 0 aliphatic rings. The number of nitrogen functional groups attached to an aromatic ring is 1. The zero-order chi connectivity index (χ0) is 14.0. The molecule has 0 fully saturated rings. The molecule has 98 valence electrons. The summed E-state index contributed by atoms with van der Waals surface area (Å²) in [5.41, 5.74) is 6.25. The van der Waals surface area contributed by atoms with Crippen LogP contribution in [0, 0.1) is 0 Å². The fourth-order valence-corrected chi connectivity index (χ4v) is 2.25. The molecule has 1 aromatic heterocycles. The van der Waals surface area contributed by atoms with E-state index in [1.165, 1.54) is 6.20 Å². The average molecular weight is 361 g/mol. The molecule has 2 aromatic rings. The Morgan fingerprint density at radius 2 is 1.95 bits per heavy atom. The summed E-state index contributed by atoms with van der Waals surface area (Å²) in [6.07, 6.45) is 1.51. The van der Waals surface area contributed by atoms with E-state index in [9.17, 15) is 4.79 Å². The third-order valence-corrected chi connectivity index (χ3v) is 3.39. The number of rotatable bonds is 2. The van der Waals surface area contributed by atoms with Gasteiger partial charge in [0.2, 0.25) is 0 Å². The number of nitrogens with zero attached hydrogens (tertiary/aromatic N) is 1. The summed E-state index contributed by atoms with van der Waals surface area (Å²) in [6, 6.07) is 6.52. The van der Waals surface area contributed by atoms with Crippen molar-refractivity contribution in [3.05, 3.63) is 50.5 Å². The number of benzene rings is 1. The van der Waals surface area contributed by atoms with Crippen LogP contribution in [0.3, 0.4) is 0 Å². The van der Waals surface area contributed by atoms with Crippen molar-refractivity contribution in [1.29, 1.82) is 0 Å². The molecule has 0 unspecified atom stereocenters. The summed E-state index contributed by atoms with van der Waals surface area (Å²) < 4.78 is 0.650. The molecular formula is C12H8BrCl2N3O. The summed E-state index contributed by atoms with van der Waals surface area (Å²) in [7, 11) is 0. The largest absolute Gasteiger partial charge is 0.383 e. The lowest BCUT2D eigenvalue weighted by molar-refractivity contribution is 0.102. The highest BCUT2D eigenvalue weighted by atomic mass is 79.9. The van der Waals surface area contributed by atoms with Crippen LogP contribution in [0.25, 0.3) is 0 Å². The second-order valence-corrected chi connectivity index (χ2v) is 5.37. The highest BCUT2D eigenvalue weighted by Gasteiger charge is 2.14. The van der Waals surface area contributed by atoms with Gasteiger partial charge >= 0.3 is 0 Å². The molecule has 1 amide bonds. The number of halogens is 3. The summed E-state index contributed by atoms with van der Waals surface area (Å²) in [6.45, 7) is 0. The van der Waals surface area contributed by atoms with Crippen molar-refractivity contribution >= 4 is 56.5 Å². The Hall–Kier alpha value is -1.30. The number of carbonyl (C=O) groups is 1. The minimum Gasteiger partial charge on any atom is -0.383 e. The van der Waals surface area contributed by atoms with Crippen LogP contribution >= 0.6 is 39.1 Å². The number of para-hydroxylation sites is 1. The lowest BCUT2D eigenvalue weighted by Gasteiger charge is -2.10. The van der Waals surface area contributed by atoms with Crippen LogP contribution < -0.4 is 11.1 Å². The first kappa shape index (κ1) is 14.1. The topological polar surface area (TPSA) is 68.0 Å². The first-order chi connectivity index (χ1) is 8.99. The molecule has 7 heteroatoms. The van der Waals surface area contributed by atoms with E-state index in [0.29, 0.717) is 20.2 Å². The Morgan fingerprint density at radius 1 is 1.32 bits per heavy atom. The molecule has 0 atom stereocenters. The number of nitrogens with one attached hydrogen (secondary N) is 1. The Balaban J connectivity index is 2.34. The maximum absolute atomic E-state index is 12.1. The van der Waals surface area contributed by atoms with Crippen molar-refractivity contribution in [2.45, 2.75) is 0 Å². The molecule has 1 heterocycles. The van der Waals surface area contributed by atoms with Gasteiger partial charge in [-0.1, -0.05) is 29.3 Å². The zero-order valence-electron chi connectivity index (χ0n) is 9.45. The SMILES string of the molecule is Nc1ncc(Br)cc1C(=O)Nc1c(Cl)cccc1Cl. The van der Waals surface area contributed by atoms with E-state index in [0.717, 1.165) is 0 Å². The number of aromatic nitrogens is 1. The third kappa shape index (κ3) is 3.18. The van der Waals surface area contributed by atoms with Gasteiger partial charge in [0.25, 0.3) is 5.91 Å². The van der Waals surface area contributed by atoms with Crippen LogP contribution in [0.2, 0.25) is 10.0 Å². The molecule has 1 aromatic carbocycles. The van der Waals surface area contributed by atoms with Gasteiger partial charge in [-0.2, -0.15) is 0 Å². The minimum absolute atomic E-state index is 0.129. The van der Waals surface area contributed by atoms with Crippen LogP contribution in [0.15, 0.2) is 34.9 Å². The molecule has 4 nitrogen and oxygen atoms in total. The standard InChI is InChI=1S/C12H8BrCl2N3O/c13-6-4-7(11(16)17-5-6)12(19)18-10-8(14)2-1-3-9(10)15/h1-5H,(H2,16,17)(H,18,19). The minimum atomic E-state index is -0.429.